The minimum Gasteiger partial charge on any atom is -0.411 e. The molecule has 0 N–H and O–H groups in total. The van der Waals surface area contributed by atoms with Crippen LogP contribution in [0.4, 0.5) is 0 Å². The van der Waals surface area contributed by atoms with E-state index in [1.54, 1.807) is 0 Å². The molecule has 0 aromatic heterocycles. The molecule has 0 aromatic rings. The fourth-order valence-corrected chi connectivity index (χ4v) is 4.46. The van der Waals surface area contributed by atoms with Gasteiger partial charge in [-0.15, -0.1) is 0 Å². The molecule has 0 amide bonds. The topological polar surface area (TPSA) is 9.72 Å². The fourth-order valence-electron chi connectivity index (χ4n) is 3.37. The van der Waals surface area contributed by atoms with Gasteiger partial charge < -0.3 is 89.2 Å². The van der Waals surface area contributed by atoms with Crippen LogP contribution < -0.4 is 0 Å². The molecule has 43 heavy (non-hydrogen) atoms. The van der Waals surface area contributed by atoms with Gasteiger partial charge in [0.25, 0.3) is 0 Å². The predicted octanol–water partition coefficient (Wildman–Crippen LogP) is 9.26. The van der Waals surface area contributed by atoms with Gasteiger partial charge in [0.1, 0.15) is 0 Å². The number of thiocarbonyl (C=S) groups is 3. The quantitative estimate of drug-likeness (QED) is 0.0755. The zero-order valence-corrected chi connectivity index (χ0v) is 37.1. The average molecular weight is 819 g/mol. The second-order valence-electron chi connectivity index (χ2n) is 13.9. The number of rotatable bonds is 18. The largest absolute Gasteiger partial charge is 3.00 e. The van der Waals surface area contributed by atoms with E-state index in [2.05, 4.69) is 97.8 Å². The second kappa shape index (κ2) is 31.7. The van der Waals surface area contributed by atoms with Crippen LogP contribution in [-0.4, -0.2) is 91.4 Å². The Morgan fingerprint density at radius 1 is 0.372 bits per heavy atom. The van der Waals surface area contributed by atoms with E-state index in [-0.39, 0.29) is 24.4 Å². The Bertz CT molecular complexity index is 561. The van der Waals surface area contributed by atoms with Crippen molar-refractivity contribution in [1.82, 2.24) is 14.7 Å². The summed E-state index contributed by atoms with van der Waals surface area (Å²) in [6.07, 6.45) is 7.05. The van der Waals surface area contributed by atoms with Gasteiger partial charge in [0.15, 0.2) is 0 Å². The number of hydrogen-bond acceptors (Lipinski definition) is 6. The van der Waals surface area contributed by atoms with E-state index < -0.39 is 0 Å². The van der Waals surface area contributed by atoms with Gasteiger partial charge in [0.05, 0.1) is 0 Å². The smallest absolute Gasteiger partial charge is 0.411 e. The third-order valence-corrected chi connectivity index (χ3v) is 8.18. The molecule has 2 radical (unpaired) electrons. The van der Waals surface area contributed by atoms with Crippen molar-refractivity contribution in [3.05, 3.63) is 0 Å². The molecular formula is C33H66N3S6Sb. The van der Waals surface area contributed by atoms with Gasteiger partial charge in [-0.1, -0.05) is 96.0 Å². The molecule has 3 nitrogen and oxygen atoms in total. The van der Waals surface area contributed by atoms with Crippen molar-refractivity contribution in [2.75, 3.05) is 39.3 Å². The molecule has 0 saturated carbocycles. The van der Waals surface area contributed by atoms with Crippen LogP contribution in [0.25, 0.3) is 0 Å². The Morgan fingerprint density at radius 3 is 0.558 bits per heavy atom. The molecule has 0 aliphatic heterocycles. The van der Waals surface area contributed by atoms with E-state index in [1.165, 1.54) is 38.5 Å². The van der Waals surface area contributed by atoms with E-state index in [9.17, 15) is 0 Å². The second-order valence-corrected chi connectivity index (χ2v) is 16.9. The summed E-state index contributed by atoms with van der Waals surface area (Å²) >= 11 is 30.4. The maximum atomic E-state index is 5.06. The molecule has 10 heteroatoms. The summed E-state index contributed by atoms with van der Waals surface area (Å²) in [5, 5.41) is 0. The van der Waals surface area contributed by atoms with Crippen molar-refractivity contribution in [3.8, 4) is 0 Å². The van der Waals surface area contributed by atoms with Crippen LogP contribution in [-0.2, 0) is 37.9 Å². The molecule has 0 bridgehead atoms. The van der Waals surface area contributed by atoms with Gasteiger partial charge >= 0.3 is 24.4 Å². The Labute approximate surface area is 320 Å². The first-order valence-corrected chi connectivity index (χ1v) is 18.6. The van der Waals surface area contributed by atoms with Gasteiger partial charge in [-0.3, -0.25) is 0 Å². The Morgan fingerprint density at radius 2 is 0.488 bits per heavy atom. The predicted molar refractivity (Wildman–Crippen MR) is 217 cm³/mol. The summed E-state index contributed by atoms with van der Waals surface area (Å²) in [5.41, 5.74) is 0. The van der Waals surface area contributed by atoms with Crippen molar-refractivity contribution in [2.45, 2.75) is 122 Å². The van der Waals surface area contributed by atoms with Crippen molar-refractivity contribution < 1.29 is 0 Å². The van der Waals surface area contributed by atoms with Crippen LogP contribution in [0.3, 0.4) is 0 Å². The van der Waals surface area contributed by atoms with Crippen LogP contribution >= 0.6 is 36.7 Å². The molecule has 0 rings (SSSR count). The maximum Gasteiger partial charge on any atom is 3.00 e. The van der Waals surface area contributed by atoms with E-state index in [0.29, 0.717) is 13.0 Å². The summed E-state index contributed by atoms with van der Waals surface area (Å²) in [6, 6.07) is 0. The van der Waals surface area contributed by atoms with Gasteiger partial charge in [-0.25, -0.2) is 0 Å². The molecule has 0 unspecified atom stereocenters. The maximum absolute atomic E-state index is 5.06. The minimum atomic E-state index is 0. The van der Waals surface area contributed by atoms with Crippen molar-refractivity contribution in [3.63, 3.8) is 0 Å². The molecule has 254 valence electrons. The summed E-state index contributed by atoms with van der Waals surface area (Å²) in [4.78, 5) is 6.47. The molecule has 0 saturated heterocycles. The van der Waals surface area contributed by atoms with E-state index in [4.69, 9.17) is 74.5 Å². The molecule has 0 aromatic carbocycles. The fraction of sp³-hybridized carbons (Fsp3) is 0.909. The Kier molecular flexibility index (Phi) is 37.6. The molecule has 0 spiro atoms. The first-order chi connectivity index (χ1) is 19.3. The van der Waals surface area contributed by atoms with Crippen molar-refractivity contribution in [2.24, 2.45) is 35.5 Å². The third kappa shape index (κ3) is 39.2. The van der Waals surface area contributed by atoms with E-state index in [0.717, 1.165) is 74.8 Å². The first kappa shape index (κ1) is 51.0. The van der Waals surface area contributed by atoms with Gasteiger partial charge in [0.2, 0.25) is 0 Å². The summed E-state index contributed by atoms with van der Waals surface area (Å²) in [5.74, 6) is 4.34. The van der Waals surface area contributed by atoms with Crippen LogP contribution in [0, 0.1) is 35.5 Å². The zero-order valence-electron chi connectivity index (χ0n) is 29.7. The molecule has 0 atom stereocenters. The SMILES string of the molecule is CC(C)CCN(CCC(C)C)C(=S)[S-].CC(C)CCN(CCC(C)C)C(=S)[S-].CC(C)CCN(CCC(C)C)C(=S)[S-].[Sb+3]. The Hall–Kier alpha value is 1.15. The zero-order chi connectivity index (χ0) is 33.4. The standard InChI is InChI=1S/3C11H23NS2.Sb/c3*1-9(2)5-7-12(11(13)14)8-6-10(3)4;/h3*9-10H,5-8H2,1-4H3,(H,13,14);/q;;;+3/p-3. The molecule has 0 heterocycles. The number of hydrogen-bond donors (Lipinski definition) is 0. The molecule has 0 aliphatic rings. The summed E-state index contributed by atoms with van der Waals surface area (Å²) in [7, 11) is 0. The van der Waals surface area contributed by atoms with Crippen LogP contribution in [0.5, 0.6) is 0 Å². The average Bonchev–Trinajstić information content (AvgIpc) is 2.83. The van der Waals surface area contributed by atoms with Crippen LogP contribution in [0.1, 0.15) is 122 Å². The monoisotopic (exact) mass is 817 g/mol. The minimum absolute atomic E-state index is 0. The first-order valence-electron chi connectivity index (χ1n) is 16.2. The van der Waals surface area contributed by atoms with Gasteiger partial charge in [-0.05, 0) is 74.0 Å². The van der Waals surface area contributed by atoms with Gasteiger partial charge in [-0.2, -0.15) is 0 Å². The molecule has 0 fully saturated rings. The Balaban J connectivity index is -0.000000262. The number of nitrogens with zero attached hydrogens (tertiary/aromatic N) is 3. The van der Waals surface area contributed by atoms with Gasteiger partial charge in [0, 0.05) is 39.3 Å². The van der Waals surface area contributed by atoms with E-state index >= 15 is 0 Å². The van der Waals surface area contributed by atoms with E-state index in [1.807, 2.05) is 0 Å². The molecular weight excluding hydrogens is 753 g/mol. The third-order valence-electron chi connectivity index (χ3n) is 6.63. The summed E-state index contributed by atoms with van der Waals surface area (Å²) in [6.45, 7) is 32.9. The molecule has 0 aliphatic carbocycles. The van der Waals surface area contributed by atoms with Crippen molar-refractivity contribution >= 4 is 112 Å². The summed E-state index contributed by atoms with van der Waals surface area (Å²) < 4.78 is 1.89. The normalized spacial score (nSPS) is 10.7. The van der Waals surface area contributed by atoms with Crippen LogP contribution in [0.2, 0.25) is 0 Å². The van der Waals surface area contributed by atoms with Crippen molar-refractivity contribution in [1.29, 1.82) is 0 Å². The van der Waals surface area contributed by atoms with Crippen LogP contribution in [0.15, 0.2) is 0 Å².